The molecule has 6 aliphatic rings. The Kier molecular flexibility index (Phi) is 12.1. The Morgan fingerprint density at radius 3 is 1.43 bits per heavy atom. The average Bonchev–Trinajstić information content (AvgIpc) is 3.10. The van der Waals surface area contributed by atoms with Crippen molar-refractivity contribution in [1.29, 1.82) is 0 Å². The van der Waals surface area contributed by atoms with E-state index in [-0.39, 0.29) is 0 Å². The molecular weight excluding hydrogens is 553 g/mol. The number of unbranched alkanes of at least 4 members (excludes halogenated alkanes) is 5. The van der Waals surface area contributed by atoms with E-state index in [0.717, 1.165) is 41.4 Å². The number of rotatable bonds is 11. The Morgan fingerprint density at radius 2 is 0.891 bits per heavy atom. The summed E-state index contributed by atoms with van der Waals surface area (Å²) in [5.41, 5.74) is 2.25. The summed E-state index contributed by atoms with van der Waals surface area (Å²) in [7, 11) is 0. The molecule has 6 fully saturated rings. The molecule has 6 aliphatic carbocycles. The van der Waals surface area contributed by atoms with Crippen LogP contribution in [0.2, 0.25) is 0 Å². The molecule has 0 aromatic carbocycles. The predicted molar refractivity (Wildman–Crippen MR) is 201 cm³/mol. The smallest absolute Gasteiger partial charge is 0.0233 e. The van der Waals surface area contributed by atoms with Crippen molar-refractivity contribution < 1.29 is 0 Å². The zero-order valence-electron chi connectivity index (χ0n) is 32.3. The second kappa shape index (κ2) is 15.5. The first-order valence-corrected chi connectivity index (χ1v) is 22.3. The van der Waals surface area contributed by atoms with Crippen LogP contribution in [0.1, 0.15) is 227 Å². The monoisotopic (exact) mass is 635 g/mol. The molecular formula is C46H82. The zero-order chi connectivity index (χ0) is 32.3. The van der Waals surface area contributed by atoms with E-state index in [9.17, 15) is 0 Å². The van der Waals surface area contributed by atoms with Gasteiger partial charge in [0.2, 0.25) is 0 Å². The minimum Gasteiger partial charge on any atom is -0.0654 e. The fourth-order valence-corrected chi connectivity index (χ4v) is 15.4. The number of fused-ring (bicyclic) bond motifs is 1. The third-order valence-electron chi connectivity index (χ3n) is 17.8. The van der Waals surface area contributed by atoms with Crippen molar-refractivity contribution in [3.05, 3.63) is 0 Å². The molecule has 7 unspecified atom stereocenters. The Morgan fingerprint density at radius 1 is 0.435 bits per heavy atom. The van der Waals surface area contributed by atoms with E-state index in [1.54, 1.807) is 77.0 Å². The molecule has 0 nitrogen and oxygen atoms in total. The molecule has 0 N–H and O–H groups in total. The molecule has 0 aliphatic heterocycles. The van der Waals surface area contributed by atoms with Gasteiger partial charge < -0.3 is 0 Å². The first kappa shape index (κ1) is 35.8. The van der Waals surface area contributed by atoms with Gasteiger partial charge >= 0.3 is 0 Å². The summed E-state index contributed by atoms with van der Waals surface area (Å²) < 4.78 is 0. The highest BCUT2D eigenvalue weighted by molar-refractivity contribution is 5.16. The van der Waals surface area contributed by atoms with Gasteiger partial charge in [-0.15, -0.1) is 0 Å². The summed E-state index contributed by atoms with van der Waals surface area (Å²) in [4.78, 5) is 0. The standard InChI is InChI=1S/C46H82/c1-6-7-8-9-10-23-32-42-44(3,37-26-17-12-18-27-37)34-40-41(46(42,5)39-30-21-14-22-31-39)33-43(2,36-24-15-11-16-25-36)35-45(40,4)38-28-19-13-20-29-38/h36-42H,6-35H2,1-5H3. The van der Waals surface area contributed by atoms with E-state index in [1.165, 1.54) is 116 Å². The largest absolute Gasteiger partial charge is 0.0654 e. The molecule has 0 radical (unpaired) electrons. The molecule has 6 rings (SSSR count). The first-order valence-electron chi connectivity index (χ1n) is 22.3. The lowest BCUT2D eigenvalue weighted by atomic mass is 9.33. The average molecular weight is 635 g/mol. The molecule has 0 amide bonds. The summed E-state index contributed by atoms with van der Waals surface area (Å²) in [5, 5.41) is 0. The molecule has 7 atom stereocenters. The zero-order valence-corrected chi connectivity index (χ0v) is 32.3. The van der Waals surface area contributed by atoms with Crippen LogP contribution in [0.15, 0.2) is 0 Å². The van der Waals surface area contributed by atoms with Crippen molar-refractivity contribution in [3.63, 3.8) is 0 Å². The van der Waals surface area contributed by atoms with Gasteiger partial charge in [-0.3, -0.25) is 0 Å². The summed E-state index contributed by atoms with van der Waals surface area (Å²) >= 11 is 0. The van der Waals surface area contributed by atoms with Crippen LogP contribution >= 0.6 is 0 Å². The quantitative estimate of drug-likeness (QED) is 0.198. The summed E-state index contributed by atoms with van der Waals surface area (Å²) in [6.45, 7) is 14.3. The molecule has 6 saturated carbocycles. The summed E-state index contributed by atoms with van der Waals surface area (Å²) in [6, 6.07) is 0. The second-order valence-electron chi connectivity index (χ2n) is 20.3. The Labute approximate surface area is 289 Å². The molecule has 0 bridgehead atoms. The lowest BCUT2D eigenvalue weighted by Gasteiger charge is -2.72. The van der Waals surface area contributed by atoms with Crippen LogP contribution < -0.4 is 0 Å². The van der Waals surface area contributed by atoms with E-state index in [1.807, 2.05) is 0 Å². The second-order valence-corrected chi connectivity index (χ2v) is 20.3. The summed E-state index contributed by atoms with van der Waals surface area (Å²) in [6.07, 6.45) is 45.9. The highest BCUT2D eigenvalue weighted by Crippen LogP contribution is 2.75. The van der Waals surface area contributed by atoms with E-state index in [0.29, 0.717) is 21.7 Å². The Balaban J connectivity index is 1.43. The van der Waals surface area contributed by atoms with Crippen molar-refractivity contribution in [1.82, 2.24) is 0 Å². The van der Waals surface area contributed by atoms with Gasteiger partial charge in [-0.05, 0) is 140 Å². The molecule has 0 spiro atoms. The molecule has 0 aromatic rings. The predicted octanol–water partition coefficient (Wildman–Crippen LogP) is 15.1. The molecule has 0 heteroatoms. The van der Waals surface area contributed by atoms with Gasteiger partial charge in [0, 0.05) is 0 Å². The van der Waals surface area contributed by atoms with Crippen molar-refractivity contribution in [3.8, 4) is 0 Å². The van der Waals surface area contributed by atoms with Crippen molar-refractivity contribution in [2.45, 2.75) is 227 Å². The maximum atomic E-state index is 3.04. The highest BCUT2D eigenvalue weighted by atomic mass is 14.7. The van der Waals surface area contributed by atoms with Crippen LogP contribution in [0.5, 0.6) is 0 Å². The van der Waals surface area contributed by atoms with E-state index < -0.39 is 0 Å². The minimum atomic E-state index is 0.547. The molecule has 0 aromatic heterocycles. The maximum Gasteiger partial charge on any atom is -0.0233 e. The van der Waals surface area contributed by atoms with Crippen molar-refractivity contribution in [2.75, 3.05) is 0 Å². The van der Waals surface area contributed by atoms with Gasteiger partial charge in [0.15, 0.2) is 0 Å². The normalized spacial score (nSPS) is 42.6. The topological polar surface area (TPSA) is 0 Å². The van der Waals surface area contributed by atoms with Gasteiger partial charge in [0.1, 0.15) is 0 Å². The SMILES string of the molecule is CCCCCCCCC1C(C)(C2CCCCC2)CC2C(CC(C)(C3CCCCC3)CC2(C)C2CCCCC2)C1(C)C1CCCCC1. The van der Waals surface area contributed by atoms with Crippen LogP contribution in [-0.4, -0.2) is 0 Å². The Hall–Kier alpha value is 0. The fraction of sp³-hybridized carbons (Fsp3) is 1.00. The van der Waals surface area contributed by atoms with E-state index >= 15 is 0 Å². The molecule has 0 saturated heterocycles. The molecule has 266 valence electrons. The molecule has 0 heterocycles. The number of hydrogen-bond donors (Lipinski definition) is 0. The van der Waals surface area contributed by atoms with Crippen LogP contribution in [0.3, 0.4) is 0 Å². The first-order chi connectivity index (χ1) is 22.3. The molecule has 46 heavy (non-hydrogen) atoms. The minimum absolute atomic E-state index is 0.547. The third kappa shape index (κ3) is 6.97. The van der Waals surface area contributed by atoms with Crippen molar-refractivity contribution >= 4 is 0 Å². The van der Waals surface area contributed by atoms with E-state index in [4.69, 9.17) is 0 Å². The van der Waals surface area contributed by atoms with Gasteiger partial charge in [-0.1, -0.05) is 150 Å². The van der Waals surface area contributed by atoms with Gasteiger partial charge in [0.25, 0.3) is 0 Å². The lowest BCUT2D eigenvalue weighted by Crippen LogP contribution is -2.65. The highest BCUT2D eigenvalue weighted by Gasteiger charge is 2.67. The van der Waals surface area contributed by atoms with Crippen molar-refractivity contribution in [2.24, 2.45) is 63.1 Å². The van der Waals surface area contributed by atoms with Gasteiger partial charge in [-0.2, -0.15) is 0 Å². The third-order valence-corrected chi connectivity index (χ3v) is 17.8. The van der Waals surface area contributed by atoms with E-state index in [2.05, 4.69) is 34.6 Å². The fourth-order valence-electron chi connectivity index (χ4n) is 15.4. The lowest BCUT2D eigenvalue weighted by molar-refractivity contribution is -0.232. The summed E-state index contributed by atoms with van der Waals surface area (Å²) in [5.74, 6) is 6.91. The van der Waals surface area contributed by atoms with Crippen LogP contribution in [0.25, 0.3) is 0 Å². The Bertz CT molecular complexity index is 910. The van der Waals surface area contributed by atoms with Crippen LogP contribution in [0.4, 0.5) is 0 Å². The van der Waals surface area contributed by atoms with Gasteiger partial charge in [-0.25, -0.2) is 0 Å². The van der Waals surface area contributed by atoms with Gasteiger partial charge in [0.05, 0.1) is 0 Å². The van der Waals surface area contributed by atoms with Crippen LogP contribution in [0, 0.1) is 63.1 Å². The number of hydrogen-bond acceptors (Lipinski definition) is 0. The van der Waals surface area contributed by atoms with Crippen LogP contribution in [-0.2, 0) is 0 Å². The maximum absolute atomic E-state index is 3.04.